The lowest BCUT2D eigenvalue weighted by Gasteiger charge is -2.19. The fraction of sp³-hybridized carbons (Fsp3) is 0.889. The molecular formula is C9H18N2O. The second-order valence-electron chi connectivity index (χ2n) is 3.53. The van der Waals surface area contributed by atoms with Crippen molar-refractivity contribution in [3.63, 3.8) is 0 Å². The number of nitrogens with zero attached hydrogens (tertiary/aromatic N) is 1. The summed E-state index contributed by atoms with van der Waals surface area (Å²) in [7, 11) is 0. The van der Waals surface area contributed by atoms with E-state index in [1.54, 1.807) is 0 Å². The summed E-state index contributed by atoms with van der Waals surface area (Å²) in [6.07, 6.45) is 1.07. The predicted molar refractivity (Wildman–Crippen MR) is 48.6 cm³/mol. The van der Waals surface area contributed by atoms with Crippen LogP contribution in [0.3, 0.4) is 0 Å². The molecule has 1 saturated carbocycles. The van der Waals surface area contributed by atoms with Crippen LogP contribution in [0.5, 0.6) is 0 Å². The quantitative estimate of drug-likeness (QED) is 0.666. The van der Waals surface area contributed by atoms with Gasteiger partial charge >= 0.3 is 0 Å². The minimum absolute atomic E-state index is 0.301. The first-order chi connectivity index (χ1) is 5.70. The molecule has 3 nitrogen and oxygen atoms in total. The number of likely N-dealkylation sites (N-methyl/N-ethyl adjacent to an activating group) is 1. The van der Waals surface area contributed by atoms with Crippen molar-refractivity contribution in [1.82, 2.24) is 4.90 Å². The van der Waals surface area contributed by atoms with Crippen LogP contribution in [-0.2, 0) is 4.79 Å². The molecule has 1 amide bonds. The molecule has 0 aromatic heterocycles. The van der Waals surface area contributed by atoms with E-state index in [2.05, 4.69) is 6.92 Å². The second kappa shape index (κ2) is 3.90. The molecule has 0 aromatic rings. The normalized spacial score (nSPS) is 26.9. The molecule has 2 atom stereocenters. The third-order valence-corrected chi connectivity index (χ3v) is 2.52. The predicted octanol–water partition coefficient (Wildman–Crippen LogP) is 0.450. The van der Waals surface area contributed by atoms with E-state index in [-0.39, 0.29) is 0 Å². The number of rotatable bonds is 4. The Labute approximate surface area is 73.9 Å². The Morgan fingerprint density at radius 3 is 2.58 bits per heavy atom. The third kappa shape index (κ3) is 1.97. The summed E-state index contributed by atoms with van der Waals surface area (Å²) in [6, 6.07) is 0. The van der Waals surface area contributed by atoms with Gasteiger partial charge in [-0.15, -0.1) is 0 Å². The third-order valence-electron chi connectivity index (χ3n) is 2.52. The molecule has 0 aromatic carbocycles. The Bertz CT molecular complexity index is 170. The fourth-order valence-corrected chi connectivity index (χ4v) is 1.48. The van der Waals surface area contributed by atoms with E-state index in [0.717, 1.165) is 13.0 Å². The minimum atomic E-state index is 0.301. The summed E-state index contributed by atoms with van der Waals surface area (Å²) in [4.78, 5) is 13.5. The van der Waals surface area contributed by atoms with Crippen molar-refractivity contribution < 1.29 is 4.79 Å². The number of carbonyl (C=O) groups is 1. The maximum atomic E-state index is 11.6. The zero-order valence-corrected chi connectivity index (χ0v) is 7.92. The molecule has 0 bridgehead atoms. The summed E-state index contributed by atoms with van der Waals surface area (Å²) in [5.74, 6) is 1.20. The van der Waals surface area contributed by atoms with E-state index < -0.39 is 0 Å². The summed E-state index contributed by atoms with van der Waals surface area (Å²) in [5.41, 5.74) is 5.40. The Hall–Kier alpha value is -0.570. The lowest BCUT2D eigenvalue weighted by Crippen LogP contribution is -2.36. The van der Waals surface area contributed by atoms with Crippen LogP contribution in [0.2, 0.25) is 0 Å². The van der Waals surface area contributed by atoms with Gasteiger partial charge in [-0.1, -0.05) is 6.92 Å². The first-order valence-electron chi connectivity index (χ1n) is 4.69. The molecule has 1 rings (SSSR count). The standard InChI is InChI=1S/C9H18N2O/c1-3-11(5-4-10)9(12)8-6-7(8)2/h7-8H,3-6,10H2,1-2H3. The van der Waals surface area contributed by atoms with Crippen LogP contribution in [0, 0.1) is 11.8 Å². The number of nitrogens with two attached hydrogens (primary N) is 1. The highest BCUT2D eigenvalue weighted by molar-refractivity contribution is 5.81. The highest BCUT2D eigenvalue weighted by Crippen LogP contribution is 2.38. The van der Waals surface area contributed by atoms with E-state index in [4.69, 9.17) is 5.73 Å². The first-order valence-corrected chi connectivity index (χ1v) is 4.69. The molecule has 2 unspecified atom stereocenters. The molecule has 1 aliphatic rings. The van der Waals surface area contributed by atoms with Crippen LogP contribution in [0.1, 0.15) is 20.3 Å². The highest BCUT2D eigenvalue weighted by atomic mass is 16.2. The number of carbonyl (C=O) groups excluding carboxylic acids is 1. The Morgan fingerprint density at radius 2 is 2.25 bits per heavy atom. The van der Waals surface area contributed by atoms with E-state index in [1.807, 2.05) is 11.8 Å². The summed E-state index contributed by atoms with van der Waals surface area (Å²) in [6.45, 7) is 6.19. The van der Waals surface area contributed by atoms with Crippen LogP contribution in [-0.4, -0.2) is 30.4 Å². The van der Waals surface area contributed by atoms with E-state index >= 15 is 0 Å². The van der Waals surface area contributed by atoms with Crippen LogP contribution < -0.4 is 5.73 Å². The van der Waals surface area contributed by atoms with Gasteiger partial charge in [0.25, 0.3) is 0 Å². The van der Waals surface area contributed by atoms with Gasteiger partial charge in [0.15, 0.2) is 0 Å². The van der Waals surface area contributed by atoms with Crippen LogP contribution in [0.4, 0.5) is 0 Å². The fourth-order valence-electron chi connectivity index (χ4n) is 1.48. The van der Waals surface area contributed by atoms with Gasteiger partial charge in [-0.2, -0.15) is 0 Å². The molecule has 1 aliphatic carbocycles. The van der Waals surface area contributed by atoms with Gasteiger partial charge in [0.05, 0.1) is 0 Å². The van der Waals surface area contributed by atoms with Crippen LogP contribution in [0.25, 0.3) is 0 Å². The largest absolute Gasteiger partial charge is 0.341 e. The molecule has 0 aliphatic heterocycles. The summed E-state index contributed by atoms with van der Waals surface area (Å²) in [5, 5.41) is 0. The average Bonchev–Trinajstić information content (AvgIpc) is 2.77. The van der Waals surface area contributed by atoms with Crippen molar-refractivity contribution in [1.29, 1.82) is 0 Å². The second-order valence-corrected chi connectivity index (χ2v) is 3.53. The summed E-state index contributed by atoms with van der Waals surface area (Å²) >= 11 is 0. The smallest absolute Gasteiger partial charge is 0.225 e. The van der Waals surface area contributed by atoms with Gasteiger partial charge in [0, 0.05) is 25.6 Å². The molecule has 12 heavy (non-hydrogen) atoms. The molecule has 0 radical (unpaired) electrons. The maximum Gasteiger partial charge on any atom is 0.225 e. The van der Waals surface area contributed by atoms with Gasteiger partial charge in [-0.05, 0) is 19.3 Å². The van der Waals surface area contributed by atoms with Gasteiger partial charge in [0.1, 0.15) is 0 Å². The molecule has 0 spiro atoms. The van der Waals surface area contributed by atoms with Crippen molar-refractivity contribution in [3.8, 4) is 0 Å². The number of hydrogen-bond acceptors (Lipinski definition) is 2. The molecular weight excluding hydrogens is 152 g/mol. The van der Waals surface area contributed by atoms with Crippen LogP contribution in [0.15, 0.2) is 0 Å². The number of amides is 1. The zero-order valence-electron chi connectivity index (χ0n) is 7.92. The van der Waals surface area contributed by atoms with Crippen molar-refractivity contribution in [2.45, 2.75) is 20.3 Å². The molecule has 1 fully saturated rings. The molecule has 3 heteroatoms. The monoisotopic (exact) mass is 170 g/mol. The maximum absolute atomic E-state index is 11.6. The Morgan fingerprint density at radius 1 is 1.67 bits per heavy atom. The van der Waals surface area contributed by atoms with Crippen molar-refractivity contribution >= 4 is 5.91 Å². The lowest BCUT2D eigenvalue weighted by molar-refractivity contribution is -0.132. The van der Waals surface area contributed by atoms with Crippen molar-refractivity contribution in [3.05, 3.63) is 0 Å². The van der Waals surface area contributed by atoms with Gasteiger partial charge in [0.2, 0.25) is 5.91 Å². The van der Waals surface area contributed by atoms with Gasteiger partial charge in [-0.3, -0.25) is 4.79 Å². The van der Waals surface area contributed by atoms with E-state index in [0.29, 0.717) is 30.8 Å². The molecule has 0 saturated heterocycles. The first kappa shape index (κ1) is 9.52. The van der Waals surface area contributed by atoms with Gasteiger partial charge < -0.3 is 10.6 Å². The number of hydrogen-bond donors (Lipinski definition) is 1. The van der Waals surface area contributed by atoms with Gasteiger partial charge in [-0.25, -0.2) is 0 Å². The SMILES string of the molecule is CCN(CCN)C(=O)C1CC1C. The van der Waals surface area contributed by atoms with E-state index in [9.17, 15) is 4.79 Å². The molecule has 70 valence electrons. The Kier molecular flexibility index (Phi) is 3.09. The van der Waals surface area contributed by atoms with E-state index in [1.165, 1.54) is 0 Å². The lowest BCUT2D eigenvalue weighted by atomic mass is 10.3. The minimum Gasteiger partial charge on any atom is -0.341 e. The van der Waals surface area contributed by atoms with Crippen molar-refractivity contribution in [2.24, 2.45) is 17.6 Å². The highest BCUT2D eigenvalue weighted by Gasteiger charge is 2.40. The summed E-state index contributed by atoms with van der Waals surface area (Å²) < 4.78 is 0. The zero-order chi connectivity index (χ0) is 9.14. The topological polar surface area (TPSA) is 46.3 Å². The van der Waals surface area contributed by atoms with Crippen LogP contribution >= 0.6 is 0 Å². The molecule has 0 heterocycles. The van der Waals surface area contributed by atoms with Crippen molar-refractivity contribution in [2.75, 3.05) is 19.6 Å². The molecule has 2 N–H and O–H groups in total. The average molecular weight is 170 g/mol. The Balaban J connectivity index is 2.37.